The summed E-state index contributed by atoms with van der Waals surface area (Å²) >= 11 is 5.91. The van der Waals surface area contributed by atoms with E-state index in [0.29, 0.717) is 11.2 Å². The van der Waals surface area contributed by atoms with Gasteiger partial charge in [-0.25, -0.2) is 19.5 Å². The molecule has 2 aromatic heterocycles. The van der Waals surface area contributed by atoms with Crippen molar-refractivity contribution in [2.75, 3.05) is 6.61 Å². The molecule has 120 valence electrons. The number of phosphoric ester groups is 1. The van der Waals surface area contributed by atoms with Crippen LogP contribution in [0.3, 0.4) is 0 Å². The van der Waals surface area contributed by atoms with E-state index in [4.69, 9.17) is 26.1 Å². The van der Waals surface area contributed by atoms with Gasteiger partial charge in [-0.05, 0) is 0 Å². The van der Waals surface area contributed by atoms with Gasteiger partial charge in [-0.2, -0.15) is 0 Å². The first-order chi connectivity index (χ1) is 10.3. The topological polar surface area (TPSA) is 140 Å². The van der Waals surface area contributed by atoms with Crippen LogP contribution in [0.4, 0.5) is 0 Å². The summed E-state index contributed by atoms with van der Waals surface area (Å²) in [6, 6.07) is 0. The van der Waals surface area contributed by atoms with Crippen LogP contribution in [0.5, 0.6) is 0 Å². The minimum atomic E-state index is -4.58. The molecule has 1 fully saturated rings. The maximum atomic E-state index is 10.7. The Labute approximate surface area is 128 Å². The highest BCUT2D eigenvalue weighted by atomic mass is 35.5. The lowest BCUT2D eigenvalue weighted by atomic mass is 10.2. The molecule has 1 aliphatic rings. The van der Waals surface area contributed by atoms with E-state index in [0.717, 1.165) is 0 Å². The van der Waals surface area contributed by atoms with Crippen molar-refractivity contribution in [2.24, 2.45) is 0 Å². The van der Waals surface area contributed by atoms with E-state index in [9.17, 15) is 9.67 Å². The van der Waals surface area contributed by atoms with Crippen LogP contribution in [0.25, 0.3) is 11.2 Å². The van der Waals surface area contributed by atoms with E-state index in [1.807, 2.05) is 0 Å². The van der Waals surface area contributed by atoms with Crippen molar-refractivity contribution in [3.05, 3.63) is 17.8 Å². The predicted molar refractivity (Wildman–Crippen MR) is 72.9 cm³/mol. The van der Waals surface area contributed by atoms with Gasteiger partial charge in [0.25, 0.3) is 0 Å². The molecule has 12 heteroatoms. The molecule has 0 aromatic carbocycles. The second-order valence-electron chi connectivity index (χ2n) is 4.73. The summed E-state index contributed by atoms with van der Waals surface area (Å²) in [6.07, 6.45) is 0.452. The van der Waals surface area contributed by atoms with Gasteiger partial charge in [-0.15, -0.1) is 0 Å². The van der Waals surface area contributed by atoms with Gasteiger partial charge in [0, 0.05) is 6.42 Å². The minimum absolute atomic E-state index is 0.156. The van der Waals surface area contributed by atoms with Gasteiger partial charge in [-0.1, -0.05) is 11.6 Å². The number of rotatable bonds is 4. The average Bonchev–Trinajstić information content (AvgIpc) is 3.00. The standard InChI is InChI=1S/C10H12ClN4O6P/c11-8-7-9(13-3-12-8)15(4-14-7)10-6(16)1-5(21-10)2-20-22(17,18)19/h3-6,10,16H,1-2H2,(H2,17,18,19)/t5-,6+,10+/m0/s1. The van der Waals surface area contributed by atoms with Gasteiger partial charge in [0.2, 0.25) is 0 Å². The number of phosphoric acid groups is 1. The van der Waals surface area contributed by atoms with Crippen LogP contribution >= 0.6 is 19.4 Å². The SMILES string of the molecule is O=P(O)(O)OC[C@@H]1C[C@@H](O)[C@H](n2cnc3c(Cl)ncnc32)O1. The number of fused-ring (bicyclic) bond motifs is 1. The molecule has 0 unspecified atom stereocenters. The summed E-state index contributed by atoms with van der Waals surface area (Å²) in [5.74, 6) is 0. The fourth-order valence-corrected chi connectivity index (χ4v) is 2.81. The van der Waals surface area contributed by atoms with Crippen LogP contribution in [0.15, 0.2) is 12.7 Å². The quantitative estimate of drug-likeness (QED) is 0.522. The van der Waals surface area contributed by atoms with Gasteiger partial charge < -0.3 is 19.6 Å². The molecule has 1 aliphatic heterocycles. The smallest absolute Gasteiger partial charge is 0.388 e. The van der Waals surface area contributed by atoms with E-state index in [2.05, 4.69) is 19.5 Å². The Morgan fingerprint density at radius 2 is 2.23 bits per heavy atom. The number of halogens is 1. The molecule has 3 atom stereocenters. The third-order valence-corrected chi connectivity index (χ3v) is 3.94. The Bertz CT molecular complexity index is 735. The summed E-state index contributed by atoms with van der Waals surface area (Å²) in [5, 5.41) is 10.3. The first kappa shape index (κ1) is 15.8. The second-order valence-corrected chi connectivity index (χ2v) is 6.32. The molecular formula is C10H12ClN4O6P. The molecule has 3 N–H and O–H groups in total. The Morgan fingerprint density at radius 3 is 2.95 bits per heavy atom. The zero-order valence-electron chi connectivity index (χ0n) is 11.0. The van der Waals surface area contributed by atoms with Crippen LogP contribution in [0.1, 0.15) is 12.6 Å². The molecule has 0 bridgehead atoms. The normalized spacial score (nSPS) is 25.9. The van der Waals surface area contributed by atoms with Gasteiger partial charge in [-0.3, -0.25) is 9.09 Å². The highest BCUT2D eigenvalue weighted by Crippen LogP contribution is 2.38. The van der Waals surface area contributed by atoms with E-state index < -0.39 is 26.3 Å². The largest absolute Gasteiger partial charge is 0.469 e. The predicted octanol–water partition coefficient (Wildman–Crippen LogP) is 0.237. The summed E-state index contributed by atoms with van der Waals surface area (Å²) in [7, 11) is -4.58. The molecule has 0 radical (unpaired) electrons. The third kappa shape index (κ3) is 3.13. The number of nitrogens with zero attached hydrogens (tertiary/aromatic N) is 4. The molecule has 0 saturated carbocycles. The second kappa shape index (κ2) is 5.82. The summed E-state index contributed by atoms with van der Waals surface area (Å²) in [6.45, 7) is -0.333. The van der Waals surface area contributed by atoms with E-state index in [1.54, 1.807) is 0 Å². The maximum absolute atomic E-state index is 10.7. The first-order valence-corrected chi connectivity index (χ1v) is 8.12. The van der Waals surface area contributed by atoms with Crippen LogP contribution < -0.4 is 0 Å². The van der Waals surface area contributed by atoms with Crippen LogP contribution in [0.2, 0.25) is 5.15 Å². The number of aromatic nitrogens is 4. The lowest BCUT2D eigenvalue weighted by Gasteiger charge is -2.16. The molecule has 3 rings (SSSR count). The molecule has 0 amide bonds. The van der Waals surface area contributed by atoms with Crippen LogP contribution in [0, 0.1) is 0 Å². The first-order valence-electron chi connectivity index (χ1n) is 6.22. The number of aliphatic hydroxyl groups is 1. The number of aliphatic hydroxyl groups excluding tert-OH is 1. The Balaban J connectivity index is 1.80. The molecule has 0 spiro atoms. The Morgan fingerprint density at radius 1 is 1.45 bits per heavy atom. The van der Waals surface area contributed by atoms with Gasteiger partial charge >= 0.3 is 7.82 Å². The average molecular weight is 351 g/mol. The molecule has 3 heterocycles. The van der Waals surface area contributed by atoms with E-state index in [-0.39, 0.29) is 18.2 Å². The summed E-state index contributed by atoms with van der Waals surface area (Å²) < 4.78 is 22.1. The Kier molecular flexibility index (Phi) is 4.17. The lowest BCUT2D eigenvalue weighted by molar-refractivity contribution is -0.0481. The molecule has 0 aliphatic carbocycles. The highest BCUT2D eigenvalue weighted by molar-refractivity contribution is 7.46. The van der Waals surface area contributed by atoms with Crippen LogP contribution in [-0.2, 0) is 13.8 Å². The van der Waals surface area contributed by atoms with Crippen molar-refractivity contribution in [1.82, 2.24) is 19.5 Å². The fraction of sp³-hybridized carbons (Fsp3) is 0.500. The third-order valence-electron chi connectivity index (χ3n) is 3.18. The van der Waals surface area contributed by atoms with Gasteiger partial charge in [0.15, 0.2) is 17.0 Å². The van der Waals surface area contributed by atoms with Crippen molar-refractivity contribution in [1.29, 1.82) is 0 Å². The van der Waals surface area contributed by atoms with E-state index in [1.165, 1.54) is 17.2 Å². The monoisotopic (exact) mass is 350 g/mol. The number of hydrogen-bond acceptors (Lipinski definition) is 7. The zero-order chi connectivity index (χ0) is 15.9. The molecular weight excluding hydrogens is 339 g/mol. The zero-order valence-corrected chi connectivity index (χ0v) is 12.6. The molecule has 22 heavy (non-hydrogen) atoms. The molecule has 10 nitrogen and oxygen atoms in total. The Hall–Kier alpha value is -1.13. The summed E-state index contributed by atoms with van der Waals surface area (Å²) in [5.41, 5.74) is 0.760. The van der Waals surface area contributed by atoms with Crippen molar-refractivity contribution in [3.8, 4) is 0 Å². The maximum Gasteiger partial charge on any atom is 0.469 e. The van der Waals surface area contributed by atoms with Crippen molar-refractivity contribution >= 4 is 30.6 Å². The van der Waals surface area contributed by atoms with E-state index >= 15 is 0 Å². The lowest BCUT2D eigenvalue weighted by Crippen LogP contribution is -2.19. The van der Waals surface area contributed by atoms with Gasteiger partial charge in [0.05, 0.1) is 19.0 Å². The minimum Gasteiger partial charge on any atom is -0.388 e. The van der Waals surface area contributed by atoms with Crippen molar-refractivity contribution < 1.29 is 28.7 Å². The molecule has 2 aromatic rings. The number of hydrogen-bond donors (Lipinski definition) is 3. The van der Waals surface area contributed by atoms with Crippen LogP contribution in [-0.4, -0.2) is 53.2 Å². The fourth-order valence-electron chi connectivity index (χ4n) is 2.28. The number of ether oxygens (including phenoxy) is 1. The van der Waals surface area contributed by atoms with Gasteiger partial charge in [0.1, 0.15) is 17.9 Å². The van der Waals surface area contributed by atoms with Crippen molar-refractivity contribution in [3.63, 3.8) is 0 Å². The number of imidazole rings is 1. The highest BCUT2D eigenvalue weighted by Gasteiger charge is 2.37. The van der Waals surface area contributed by atoms with Crippen molar-refractivity contribution in [2.45, 2.75) is 24.9 Å². The summed E-state index contributed by atoms with van der Waals surface area (Å²) in [4.78, 5) is 29.3. The molecule has 1 saturated heterocycles.